The van der Waals surface area contributed by atoms with Gasteiger partial charge in [0.25, 0.3) is 5.91 Å². The number of nitrogens with one attached hydrogen (secondary N) is 1. The Labute approximate surface area is 132 Å². The maximum atomic E-state index is 12.0. The number of carbonyl (C=O) groups excluding carboxylic acids is 1. The van der Waals surface area contributed by atoms with E-state index in [0.29, 0.717) is 12.1 Å². The first-order chi connectivity index (χ1) is 8.66. The maximum absolute atomic E-state index is 12.0. The molecular weight excluding hydrogens is 425 g/mol. The summed E-state index contributed by atoms with van der Waals surface area (Å²) in [5.74, 6) is -0.0306. The summed E-state index contributed by atoms with van der Waals surface area (Å²) in [5, 5.41) is 4.99. The van der Waals surface area contributed by atoms with Gasteiger partial charge >= 0.3 is 0 Å². The van der Waals surface area contributed by atoms with E-state index in [-0.39, 0.29) is 5.91 Å². The zero-order chi connectivity index (χ0) is 13.0. The first kappa shape index (κ1) is 14.0. The van der Waals surface area contributed by atoms with Crippen LogP contribution < -0.4 is 5.32 Å². The van der Waals surface area contributed by atoms with E-state index in [1.807, 2.05) is 29.6 Å². The molecule has 0 radical (unpaired) electrons. The van der Waals surface area contributed by atoms with Gasteiger partial charge in [0.15, 0.2) is 0 Å². The summed E-state index contributed by atoms with van der Waals surface area (Å²) >= 11 is 7.32. The molecule has 5 heteroatoms. The molecule has 2 nitrogen and oxygen atoms in total. The minimum absolute atomic E-state index is 0.0306. The Hall–Kier alpha value is -0.400. The van der Waals surface area contributed by atoms with Crippen molar-refractivity contribution in [2.75, 3.05) is 6.54 Å². The van der Waals surface area contributed by atoms with Gasteiger partial charge in [-0.15, -0.1) is 11.3 Å². The average Bonchev–Trinajstić information content (AvgIpc) is 2.85. The summed E-state index contributed by atoms with van der Waals surface area (Å²) in [6.07, 6.45) is 0.880. The summed E-state index contributed by atoms with van der Waals surface area (Å²) in [5.41, 5.74) is 0.688. The van der Waals surface area contributed by atoms with Crippen molar-refractivity contribution in [3.8, 4) is 0 Å². The third-order valence-corrected chi connectivity index (χ3v) is 4.71. The van der Waals surface area contributed by atoms with Crippen LogP contribution in [-0.2, 0) is 6.42 Å². The fraction of sp³-hybridized carbons (Fsp3) is 0.154. The molecule has 0 saturated carbocycles. The Balaban J connectivity index is 1.93. The number of amides is 1. The van der Waals surface area contributed by atoms with Crippen molar-refractivity contribution in [3.05, 3.63) is 54.2 Å². The molecule has 18 heavy (non-hydrogen) atoms. The lowest BCUT2D eigenvalue weighted by Gasteiger charge is -2.06. The monoisotopic (exact) mass is 435 g/mol. The first-order valence-electron chi connectivity index (χ1n) is 5.42. The highest BCUT2D eigenvalue weighted by Gasteiger charge is 2.09. The van der Waals surface area contributed by atoms with Crippen LogP contribution in [0, 0.1) is 3.57 Å². The molecule has 0 atom stereocenters. The van der Waals surface area contributed by atoms with Crippen molar-refractivity contribution in [1.29, 1.82) is 0 Å². The van der Waals surface area contributed by atoms with Crippen LogP contribution in [0.2, 0.25) is 0 Å². The van der Waals surface area contributed by atoms with E-state index in [1.165, 1.54) is 4.88 Å². The second-order valence-electron chi connectivity index (χ2n) is 3.71. The molecule has 1 heterocycles. The van der Waals surface area contributed by atoms with Gasteiger partial charge in [0, 0.05) is 19.5 Å². The molecule has 2 rings (SSSR count). The van der Waals surface area contributed by atoms with E-state index in [0.717, 1.165) is 14.5 Å². The summed E-state index contributed by atoms with van der Waals surface area (Å²) in [6.45, 7) is 0.664. The van der Waals surface area contributed by atoms with Crippen LogP contribution >= 0.6 is 49.9 Å². The molecule has 0 unspecified atom stereocenters. The molecular formula is C13H11BrINOS. The summed E-state index contributed by atoms with van der Waals surface area (Å²) < 4.78 is 1.88. The van der Waals surface area contributed by atoms with Crippen molar-refractivity contribution >= 4 is 55.8 Å². The van der Waals surface area contributed by atoms with Crippen LogP contribution in [0.1, 0.15) is 15.2 Å². The number of carbonyl (C=O) groups is 1. The SMILES string of the molecule is O=C(NCCc1cccs1)c1cc(I)ccc1Br. The van der Waals surface area contributed by atoms with Crippen LogP contribution in [0.15, 0.2) is 40.2 Å². The normalized spacial score (nSPS) is 10.3. The molecule has 1 aromatic carbocycles. The lowest BCUT2D eigenvalue weighted by atomic mass is 10.2. The molecule has 0 bridgehead atoms. The Morgan fingerprint density at radius 2 is 2.22 bits per heavy atom. The lowest BCUT2D eigenvalue weighted by molar-refractivity contribution is 0.0953. The molecule has 1 aromatic heterocycles. The third kappa shape index (κ3) is 3.80. The molecule has 0 aliphatic rings. The number of benzene rings is 1. The third-order valence-electron chi connectivity index (χ3n) is 2.41. The van der Waals surface area contributed by atoms with Gasteiger partial charge in [0.1, 0.15) is 0 Å². The van der Waals surface area contributed by atoms with Crippen molar-refractivity contribution in [2.45, 2.75) is 6.42 Å². The molecule has 1 amide bonds. The molecule has 0 aliphatic heterocycles. The highest BCUT2D eigenvalue weighted by Crippen LogP contribution is 2.19. The van der Waals surface area contributed by atoms with E-state index < -0.39 is 0 Å². The molecule has 1 N–H and O–H groups in total. The molecule has 94 valence electrons. The van der Waals surface area contributed by atoms with Crippen LogP contribution in [0.4, 0.5) is 0 Å². The van der Waals surface area contributed by atoms with Gasteiger partial charge in [0.2, 0.25) is 0 Å². The van der Waals surface area contributed by atoms with E-state index >= 15 is 0 Å². The van der Waals surface area contributed by atoms with Gasteiger partial charge in [-0.05, 0) is 74.6 Å². The largest absolute Gasteiger partial charge is 0.352 e. The summed E-state index contributed by atoms with van der Waals surface area (Å²) in [4.78, 5) is 13.3. The van der Waals surface area contributed by atoms with Crippen LogP contribution in [0.3, 0.4) is 0 Å². The molecule has 2 aromatic rings. The van der Waals surface area contributed by atoms with Gasteiger partial charge in [-0.2, -0.15) is 0 Å². The fourth-order valence-electron chi connectivity index (χ4n) is 1.52. The van der Waals surface area contributed by atoms with Gasteiger partial charge in [-0.1, -0.05) is 6.07 Å². The topological polar surface area (TPSA) is 29.1 Å². The van der Waals surface area contributed by atoms with Gasteiger partial charge in [-0.3, -0.25) is 4.79 Å². The number of hydrogen-bond acceptors (Lipinski definition) is 2. The number of hydrogen-bond donors (Lipinski definition) is 1. The fourth-order valence-corrected chi connectivity index (χ4v) is 3.15. The van der Waals surface area contributed by atoms with Gasteiger partial charge < -0.3 is 5.32 Å². The van der Waals surface area contributed by atoms with E-state index in [1.54, 1.807) is 11.3 Å². The predicted octanol–water partition coefficient (Wildman–Crippen LogP) is 4.09. The predicted molar refractivity (Wildman–Crippen MR) is 87.2 cm³/mol. The van der Waals surface area contributed by atoms with Crippen LogP contribution in [0.25, 0.3) is 0 Å². The Kier molecular flexibility index (Phi) is 5.20. The number of thiophene rings is 1. The highest BCUT2D eigenvalue weighted by molar-refractivity contribution is 14.1. The Bertz CT molecular complexity index is 542. The van der Waals surface area contributed by atoms with E-state index in [9.17, 15) is 4.79 Å². The molecule has 0 saturated heterocycles. The summed E-state index contributed by atoms with van der Waals surface area (Å²) in [7, 11) is 0. The second kappa shape index (κ2) is 6.68. The average molecular weight is 436 g/mol. The van der Waals surface area contributed by atoms with Gasteiger partial charge in [0.05, 0.1) is 5.56 Å². The highest BCUT2D eigenvalue weighted by atomic mass is 127. The molecule has 0 fully saturated rings. The molecule has 0 spiro atoms. The zero-order valence-corrected chi connectivity index (χ0v) is 14.0. The van der Waals surface area contributed by atoms with E-state index in [2.05, 4.69) is 49.9 Å². The van der Waals surface area contributed by atoms with Crippen LogP contribution in [0.5, 0.6) is 0 Å². The van der Waals surface area contributed by atoms with Crippen molar-refractivity contribution in [3.63, 3.8) is 0 Å². The standard InChI is InChI=1S/C13H11BrINOS/c14-12-4-3-9(15)8-11(12)13(17)16-6-5-10-2-1-7-18-10/h1-4,7-8H,5-6H2,(H,16,17). The van der Waals surface area contributed by atoms with E-state index in [4.69, 9.17) is 0 Å². The van der Waals surface area contributed by atoms with Crippen molar-refractivity contribution in [2.24, 2.45) is 0 Å². The summed E-state index contributed by atoms with van der Waals surface area (Å²) in [6, 6.07) is 9.85. The van der Waals surface area contributed by atoms with Crippen molar-refractivity contribution < 1.29 is 4.79 Å². The Morgan fingerprint density at radius 3 is 2.94 bits per heavy atom. The number of halogens is 2. The minimum atomic E-state index is -0.0306. The van der Waals surface area contributed by atoms with Gasteiger partial charge in [-0.25, -0.2) is 0 Å². The minimum Gasteiger partial charge on any atom is -0.352 e. The lowest BCUT2D eigenvalue weighted by Crippen LogP contribution is -2.25. The zero-order valence-electron chi connectivity index (χ0n) is 9.45. The maximum Gasteiger partial charge on any atom is 0.252 e. The van der Waals surface area contributed by atoms with Crippen LogP contribution in [-0.4, -0.2) is 12.5 Å². The first-order valence-corrected chi connectivity index (χ1v) is 8.17. The Morgan fingerprint density at radius 1 is 1.39 bits per heavy atom. The quantitative estimate of drug-likeness (QED) is 0.720. The number of rotatable bonds is 4. The van der Waals surface area contributed by atoms with Crippen molar-refractivity contribution in [1.82, 2.24) is 5.32 Å². The molecule has 0 aliphatic carbocycles. The second-order valence-corrected chi connectivity index (χ2v) is 6.84. The smallest absolute Gasteiger partial charge is 0.252 e.